The topological polar surface area (TPSA) is 83.5 Å². The molecule has 7 heteroatoms. The molecular formula is C30H42O7. The second kappa shape index (κ2) is 16.3. The van der Waals surface area contributed by atoms with Crippen molar-refractivity contribution < 1.29 is 33.6 Å². The number of aliphatic hydroxyl groups excluding tert-OH is 1. The first-order valence-electron chi connectivity index (χ1n) is 13.3. The molecule has 0 amide bonds. The number of benzene rings is 2. The van der Waals surface area contributed by atoms with Crippen molar-refractivity contribution in [2.75, 3.05) is 47.3 Å². The highest BCUT2D eigenvalue weighted by atomic mass is 16.5. The third-order valence-corrected chi connectivity index (χ3v) is 6.91. The van der Waals surface area contributed by atoms with E-state index in [2.05, 4.69) is 0 Å². The van der Waals surface area contributed by atoms with Crippen molar-refractivity contribution in [2.24, 2.45) is 11.8 Å². The molecule has 0 radical (unpaired) electrons. The lowest BCUT2D eigenvalue weighted by molar-refractivity contribution is -0.121. The van der Waals surface area contributed by atoms with Crippen LogP contribution in [0.25, 0.3) is 0 Å². The molecule has 1 N–H and O–H groups in total. The molecule has 2 aromatic carbocycles. The molecule has 1 saturated carbocycles. The fourth-order valence-corrected chi connectivity index (χ4v) is 4.84. The van der Waals surface area contributed by atoms with Crippen LogP contribution < -0.4 is 14.2 Å². The first-order chi connectivity index (χ1) is 18.1. The predicted molar refractivity (Wildman–Crippen MR) is 142 cm³/mol. The zero-order valence-electron chi connectivity index (χ0n) is 22.2. The van der Waals surface area contributed by atoms with Gasteiger partial charge in [-0.2, -0.15) is 0 Å². The van der Waals surface area contributed by atoms with Crippen LogP contribution in [0.1, 0.15) is 56.6 Å². The number of carbonyl (C=O) groups is 1. The molecule has 2 atom stereocenters. The van der Waals surface area contributed by atoms with Gasteiger partial charge in [-0.15, -0.1) is 0 Å². The number of Topliss-reactive ketones (excluding diaryl/α,β-unsaturated/α-hetero) is 1. The minimum Gasteiger partial charge on any atom is -0.497 e. The van der Waals surface area contributed by atoms with Crippen molar-refractivity contribution in [2.45, 2.75) is 51.0 Å². The zero-order chi connectivity index (χ0) is 26.3. The Balaban J connectivity index is 1.50. The Morgan fingerprint density at radius 2 is 1.43 bits per heavy atom. The van der Waals surface area contributed by atoms with E-state index in [4.69, 9.17) is 23.7 Å². The number of aliphatic hydroxyl groups is 1. The molecule has 2 aromatic rings. The monoisotopic (exact) mass is 514 g/mol. The molecule has 1 aliphatic carbocycles. The number of hydrogen-bond acceptors (Lipinski definition) is 7. The molecule has 0 spiro atoms. The van der Waals surface area contributed by atoms with Gasteiger partial charge in [-0.1, -0.05) is 37.8 Å². The summed E-state index contributed by atoms with van der Waals surface area (Å²) in [5.41, 5.74) is 0.814. The molecule has 3 rings (SSSR count). The highest BCUT2D eigenvalue weighted by Gasteiger charge is 2.28. The first kappa shape index (κ1) is 29.0. The van der Waals surface area contributed by atoms with Gasteiger partial charge in [0.25, 0.3) is 0 Å². The Morgan fingerprint density at radius 1 is 0.838 bits per heavy atom. The summed E-state index contributed by atoms with van der Waals surface area (Å²) in [6.45, 7) is 2.36. The number of carbonyl (C=O) groups excluding carboxylic acids is 1. The van der Waals surface area contributed by atoms with E-state index in [-0.39, 0.29) is 11.7 Å². The fraction of sp³-hybridized carbons (Fsp3) is 0.567. The molecule has 0 unspecified atom stereocenters. The van der Waals surface area contributed by atoms with Crippen LogP contribution in [0.3, 0.4) is 0 Å². The normalized spacial score (nSPS) is 15.3. The summed E-state index contributed by atoms with van der Waals surface area (Å²) in [7, 11) is 3.26. The predicted octanol–water partition coefficient (Wildman–Crippen LogP) is 5.40. The lowest BCUT2D eigenvalue weighted by atomic mass is 9.83. The van der Waals surface area contributed by atoms with Crippen LogP contribution in [-0.4, -0.2) is 58.1 Å². The minimum absolute atomic E-state index is 0.113. The fourth-order valence-electron chi connectivity index (χ4n) is 4.84. The van der Waals surface area contributed by atoms with Crippen LogP contribution in [0.15, 0.2) is 48.5 Å². The van der Waals surface area contributed by atoms with Gasteiger partial charge in [-0.05, 0) is 60.2 Å². The number of methoxy groups -OCH3 is 2. The molecule has 0 bridgehead atoms. The van der Waals surface area contributed by atoms with Gasteiger partial charge in [-0.25, -0.2) is 0 Å². The maximum Gasteiger partial charge on any atom is 0.136 e. The maximum absolute atomic E-state index is 12.9. The molecule has 0 aliphatic heterocycles. The van der Waals surface area contributed by atoms with E-state index in [9.17, 15) is 9.90 Å². The largest absolute Gasteiger partial charge is 0.497 e. The van der Waals surface area contributed by atoms with Gasteiger partial charge in [0.15, 0.2) is 0 Å². The van der Waals surface area contributed by atoms with Crippen LogP contribution in [0.5, 0.6) is 17.2 Å². The van der Waals surface area contributed by atoms with Gasteiger partial charge in [0.2, 0.25) is 0 Å². The highest BCUT2D eigenvalue weighted by molar-refractivity contribution is 5.78. The zero-order valence-corrected chi connectivity index (χ0v) is 22.2. The van der Waals surface area contributed by atoms with Crippen molar-refractivity contribution in [3.63, 3.8) is 0 Å². The molecular weight excluding hydrogens is 472 g/mol. The van der Waals surface area contributed by atoms with Gasteiger partial charge in [0.1, 0.15) is 29.6 Å². The number of ether oxygens (including phenoxy) is 5. The summed E-state index contributed by atoms with van der Waals surface area (Å²) >= 11 is 0. The molecule has 37 heavy (non-hydrogen) atoms. The molecule has 0 aromatic heterocycles. The van der Waals surface area contributed by atoms with E-state index in [1.54, 1.807) is 14.2 Å². The average Bonchev–Trinajstić information content (AvgIpc) is 3.44. The summed E-state index contributed by atoms with van der Waals surface area (Å²) in [4.78, 5) is 12.9. The van der Waals surface area contributed by atoms with Crippen molar-refractivity contribution in [1.29, 1.82) is 0 Å². The quantitative estimate of drug-likeness (QED) is 0.267. The maximum atomic E-state index is 12.9. The van der Waals surface area contributed by atoms with Gasteiger partial charge in [-0.3, -0.25) is 4.79 Å². The lowest BCUT2D eigenvalue weighted by Gasteiger charge is -2.26. The Kier molecular flexibility index (Phi) is 12.7. The Hall–Kier alpha value is -2.61. The van der Waals surface area contributed by atoms with Crippen LogP contribution in [0.4, 0.5) is 0 Å². The number of hydrogen-bond donors (Lipinski definition) is 1. The second-order valence-corrected chi connectivity index (χ2v) is 9.63. The van der Waals surface area contributed by atoms with Crippen LogP contribution >= 0.6 is 0 Å². The second-order valence-electron chi connectivity index (χ2n) is 9.63. The molecule has 1 aliphatic rings. The lowest BCUT2D eigenvalue weighted by Crippen LogP contribution is -2.20. The third-order valence-electron chi connectivity index (χ3n) is 6.91. The standard InChI is InChI=1S/C30H42O7/c1-33-17-18-35-19-20-37-28-9-7-24(8-10-28)30(32)25(21-23-5-3-4-6-23)22-26(31)15-16-36-29-13-11-27(34-2)12-14-29/h7-14,23,25,30,32H,3-6,15-22H2,1-2H3/t25-,30+/m0/s1. The molecule has 204 valence electrons. The molecule has 0 saturated heterocycles. The van der Waals surface area contributed by atoms with Crippen LogP contribution in [0, 0.1) is 11.8 Å². The Morgan fingerprint density at radius 3 is 2.08 bits per heavy atom. The molecule has 0 heterocycles. The smallest absolute Gasteiger partial charge is 0.136 e. The van der Waals surface area contributed by atoms with E-state index >= 15 is 0 Å². The van der Waals surface area contributed by atoms with Crippen molar-refractivity contribution in [3.05, 3.63) is 54.1 Å². The SMILES string of the molecule is COCCOCCOc1ccc([C@@H](O)[C@H](CC(=O)CCOc2ccc(OC)cc2)CC2CCCC2)cc1. The van der Waals surface area contributed by atoms with Gasteiger partial charge < -0.3 is 28.8 Å². The summed E-state index contributed by atoms with van der Waals surface area (Å²) < 4.78 is 27.0. The van der Waals surface area contributed by atoms with Crippen molar-refractivity contribution in [3.8, 4) is 17.2 Å². The van der Waals surface area contributed by atoms with E-state index in [0.29, 0.717) is 57.5 Å². The summed E-state index contributed by atoms with van der Waals surface area (Å²) in [6.07, 6.45) is 5.66. The Labute approximate surface area is 221 Å². The highest BCUT2D eigenvalue weighted by Crippen LogP contribution is 2.37. The van der Waals surface area contributed by atoms with E-state index < -0.39 is 6.10 Å². The van der Waals surface area contributed by atoms with Gasteiger partial charge in [0, 0.05) is 20.0 Å². The Bertz CT molecular complexity index is 891. The minimum atomic E-state index is -0.696. The van der Waals surface area contributed by atoms with Crippen LogP contribution in [0.2, 0.25) is 0 Å². The van der Waals surface area contributed by atoms with E-state index in [1.807, 2.05) is 48.5 Å². The number of ketones is 1. The molecule has 1 fully saturated rings. The summed E-state index contributed by atoms with van der Waals surface area (Å²) in [5, 5.41) is 11.3. The van der Waals surface area contributed by atoms with Gasteiger partial charge >= 0.3 is 0 Å². The van der Waals surface area contributed by atoms with Crippen LogP contribution in [-0.2, 0) is 14.3 Å². The van der Waals surface area contributed by atoms with Crippen molar-refractivity contribution >= 4 is 5.78 Å². The van der Waals surface area contributed by atoms with E-state index in [1.165, 1.54) is 25.7 Å². The molecule has 7 nitrogen and oxygen atoms in total. The van der Waals surface area contributed by atoms with Gasteiger partial charge in [0.05, 0.1) is 39.6 Å². The third kappa shape index (κ3) is 10.3. The summed E-state index contributed by atoms with van der Waals surface area (Å²) in [5.74, 6) is 2.77. The van der Waals surface area contributed by atoms with Crippen molar-refractivity contribution in [1.82, 2.24) is 0 Å². The average molecular weight is 515 g/mol. The van der Waals surface area contributed by atoms with E-state index in [0.717, 1.165) is 23.5 Å². The summed E-state index contributed by atoms with van der Waals surface area (Å²) in [6, 6.07) is 14.8. The first-order valence-corrected chi connectivity index (χ1v) is 13.3. The number of rotatable bonds is 18.